The van der Waals surface area contributed by atoms with Crippen molar-refractivity contribution in [1.29, 1.82) is 0 Å². The molecular formula is C22H22ClN3O3. The maximum Gasteiger partial charge on any atom is 0.264 e. The van der Waals surface area contributed by atoms with Gasteiger partial charge in [-0.05, 0) is 37.6 Å². The minimum absolute atomic E-state index is 0.165. The number of nitrogens with zero attached hydrogens (tertiary/aromatic N) is 3. The van der Waals surface area contributed by atoms with Crippen molar-refractivity contribution in [2.45, 2.75) is 26.5 Å². The number of ether oxygens (including phenoxy) is 1. The third kappa shape index (κ3) is 5.23. The average molecular weight is 412 g/mol. The van der Waals surface area contributed by atoms with Crippen LogP contribution in [0.2, 0.25) is 5.02 Å². The van der Waals surface area contributed by atoms with E-state index in [0.29, 0.717) is 29.0 Å². The first-order valence-corrected chi connectivity index (χ1v) is 9.56. The number of aromatic nitrogens is 2. The van der Waals surface area contributed by atoms with Gasteiger partial charge >= 0.3 is 0 Å². The Labute approximate surface area is 174 Å². The number of carbonyl (C=O) groups is 1. The summed E-state index contributed by atoms with van der Waals surface area (Å²) in [4.78, 5) is 18.9. The maximum atomic E-state index is 12.9. The monoisotopic (exact) mass is 411 g/mol. The van der Waals surface area contributed by atoms with Crippen LogP contribution in [-0.4, -0.2) is 33.6 Å². The molecule has 0 fully saturated rings. The predicted octanol–water partition coefficient (Wildman–Crippen LogP) is 4.68. The second-order valence-corrected chi connectivity index (χ2v) is 6.96. The van der Waals surface area contributed by atoms with E-state index in [0.717, 1.165) is 11.1 Å². The molecule has 150 valence electrons. The fourth-order valence-electron chi connectivity index (χ4n) is 2.78. The molecule has 2 aromatic carbocycles. The molecule has 1 heterocycles. The molecule has 7 heteroatoms. The molecule has 0 bridgehead atoms. The summed E-state index contributed by atoms with van der Waals surface area (Å²) in [5.74, 6) is 1.19. The second-order valence-electron chi connectivity index (χ2n) is 6.56. The van der Waals surface area contributed by atoms with E-state index in [9.17, 15) is 4.79 Å². The van der Waals surface area contributed by atoms with Gasteiger partial charge in [0.25, 0.3) is 5.91 Å². The molecule has 1 atom stereocenters. The fourth-order valence-corrected chi connectivity index (χ4v) is 2.89. The van der Waals surface area contributed by atoms with Gasteiger partial charge in [-0.25, -0.2) is 0 Å². The average Bonchev–Trinajstić information content (AvgIpc) is 3.19. The minimum atomic E-state index is -0.702. The molecule has 0 aliphatic carbocycles. The van der Waals surface area contributed by atoms with Gasteiger partial charge < -0.3 is 14.2 Å². The van der Waals surface area contributed by atoms with Gasteiger partial charge in [-0.1, -0.05) is 53.2 Å². The number of hydrogen-bond donors (Lipinski definition) is 0. The van der Waals surface area contributed by atoms with E-state index < -0.39 is 6.10 Å². The predicted molar refractivity (Wildman–Crippen MR) is 112 cm³/mol. The normalized spacial score (nSPS) is 11.7. The van der Waals surface area contributed by atoms with Crippen LogP contribution in [0.4, 0.5) is 0 Å². The number of hydrogen-bond acceptors (Lipinski definition) is 5. The van der Waals surface area contributed by atoms with Gasteiger partial charge in [0.2, 0.25) is 11.7 Å². The number of amides is 1. The van der Waals surface area contributed by atoms with Crippen molar-refractivity contribution < 1.29 is 14.1 Å². The van der Waals surface area contributed by atoms with Crippen LogP contribution in [-0.2, 0) is 11.3 Å². The van der Waals surface area contributed by atoms with Gasteiger partial charge in [-0.15, -0.1) is 6.58 Å². The molecule has 29 heavy (non-hydrogen) atoms. The Hall–Kier alpha value is -3.12. The molecule has 1 unspecified atom stereocenters. The van der Waals surface area contributed by atoms with Crippen molar-refractivity contribution in [2.75, 3.05) is 6.54 Å². The van der Waals surface area contributed by atoms with Gasteiger partial charge in [0.05, 0.1) is 0 Å². The maximum absolute atomic E-state index is 12.9. The summed E-state index contributed by atoms with van der Waals surface area (Å²) >= 11 is 6.04. The topological polar surface area (TPSA) is 68.5 Å². The highest BCUT2D eigenvalue weighted by atomic mass is 35.5. The van der Waals surface area contributed by atoms with Gasteiger partial charge in [0, 0.05) is 17.1 Å². The highest BCUT2D eigenvalue weighted by molar-refractivity contribution is 6.31. The van der Waals surface area contributed by atoms with Crippen LogP contribution in [0.1, 0.15) is 18.4 Å². The lowest BCUT2D eigenvalue weighted by Gasteiger charge is -2.23. The summed E-state index contributed by atoms with van der Waals surface area (Å²) in [5.41, 5.74) is 1.73. The Morgan fingerprint density at radius 3 is 2.76 bits per heavy atom. The van der Waals surface area contributed by atoms with Crippen LogP contribution in [0.3, 0.4) is 0 Å². The molecule has 0 radical (unpaired) electrons. The molecule has 1 aromatic heterocycles. The molecule has 0 N–H and O–H groups in total. The number of rotatable bonds is 8. The van der Waals surface area contributed by atoms with Crippen LogP contribution in [0.15, 0.2) is 65.7 Å². The first-order chi connectivity index (χ1) is 14.0. The SMILES string of the molecule is C=CCN(Cc1nc(-c2ccccc2)no1)C(=O)C(C)Oc1ccc(Cl)c(C)c1. The molecule has 6 nitrogen and oxygen atoms in total. The largest absolute Gasteiger partial charge is 0.481 e. The third-order valence-corrected chi connectivity index (χ3v) is 4.70. The number of halogens is 1. The quantitative estimate of drug-likeness (QED) is 0.503. The number of carbonyl (C=O) groups excluding carboxylic acids is 1. The van der Waals surface area contributed by atoms with Crippen molar-refractivity contribution >= 4 is 17.5 Å². The first-order valence-electron chi connectivity index (χ1n) is 9.18. The Kier molecular flexibility index (Phi) is 6.67. The van der Waals surface area contributed by atoms with Gasteiger partial charge in [-0.2, -0.15) is 4.98 Å². The van der Waals surface area contributed by atoms with Gasteiger partial charge in [-0.3, -0.25) is 4.79 Å². The second kappa shape index (κ2) is 9.39. The van der Waals surface area contributed by atoms with Gasteiger partial charge in [0.1, 0.15) is 12.3 Å². The van der Waals surface area contributed by atoms with E-state index in [1.54, 1.807) is 36.1 Å². The van der Waals surface area contributed by atoms with E-state index in [1.165, 1.54) is 0 Å². The summed E-state index contributed by atoms with van der Waals surface area (Å²) in [6.45, 7) is 7.80. The standard InChI is InChI=1S/C22H22ClN3O3/c1-4-12-26(14-20-24-21(25-29-20)17-8-6-5-7-9-17)22(27)16(3)28-18-10-11-19(23)15(2)13-18/h4-11,13,16H,1,12,14H2,2-3H3. The summed E-state index contributed by atoms with van der Waals surface area (Å²) in [6, 6.07) is 14.8. The number of aryl methyl sites for hydroxylation is 1. The molecule has 0 aliphatic rings. The molecule has 0 spiro atoms. The van der Waals surface area contributed by atoms with E-state index >= 15 is 0 Å². The lowest BCUT2D eigenvalue weighted by Crippen LogP contribution is -2.40. The molecule has 0 saturated carbocycles. The van der Waals surface area contributed by atoms with Crippen molar-refractivity contribution in [3.05, 3.63) is 77.7 Å². The van der Waals surface area contributed by atoms with Crippen LogP contribution in [0.25, 0.3) is 11.4 Å². The Morgan fingerprint density at radius 1 is 1.31 bits per heavy atom. The van der Waals surface area contributed by atoms with E-state index in [4.69, 9.17) is 20.9 Å². The summed E-state index contributed by atoms with van der Waals surface area (Å²) in [5, 5.41) is 4.64. The van der Waals surface area contributed by atoms with Crippen LogP contribution in [0.5, 0.6) is 5.75 Å². The summed E-state index contributed by atoms with van der Waals surface area (Å²) in [6.07, 6.45) is 0.943. The van der Waals surface area contributed by atoms with E-state index in [1.807, 2.05) is 37.3 Å². The lowest BCUT2D eigenvalue weighted by atomic mass is 10.2. The molecule has 3 aromatic rings. The molecular weight excluding hydrogens is 390 g/mol. The van der Waals surface area contributed by atoms with Crippen LogP contribution in [0, 0.1) is 6.92 Å². The van der Waals surface area contributed by atoms with E-state index in [2.05, 4.69) is 16.7 Å². The van der Waals surface area contributed by atoms with Crippen molar-refractivity contribution in [3.63, 3.8) is 0 Å². The smallest absolute Gasteiger partial charge is 0.264 e. The zero-order valence-electron chi connectivity index (χ0n) is 16.3. The van der Waals surface area contributed by atoms with Crippen molar-refractivity contribution in [2.24, 2.45) is 0 Å². The third-order valence-electron chi connectivity index (χ3n) is 4.28. The summed E-state index contributed by atoms with van der Waals surface area (Å²) < 4.78 is 11.1. The van der Waals surface area contributed by atoms with E-state index in [-0.39, 0.29) is 12.5 Å². The molecule has 1 amide bonds. The lowest BCUT2D eigenvalue weighted by molar-refractivity contribution is -0.138. The Morgan fingerprint density at radius 2 is 2.07 bits per heavy atom. The first kappa shape index (κ1) is 20.6. The van der Waals surface area contributed by atoms with Crippen molar-refractivity contribution in [3.8, 4) is 17.1 Å². The zero-order chi connectivity index (χ0) is 20.8. The van der Waals surface area contributed by atoms with Crippen LogP contribution >= 0.6 is 11.6 Å². The van der Waals surface area contributed by atoms with Crippen LogP contribution < -0.4 is 4.74 Å². The fraction of sp³-hybridized carbons (Fsp3) is 0.227. The number of benzene rings is 2. The molecule has 0 saturated heterocycles. The highest BCUT2D eigenvalue weighted by Crippen LogP contribution is 2.22. The highest BCUT2D eigenvalue weighted by Gasteiger charge is 2.24. The Bertz CT molecular complexity index is 988. The summed E-state index contributed by atoms with van der Waals surface area (Å²) in [7, 11) is 0. The minimum Gasteiger partial charge on any atom is -0.481 e. The molecule has 3 rings (SSSR count). The molecule has 0 aliphatic heterocycles. The van der Waals surface area contributed by atoms with Crippen molar-refractivity contribution in [1.82, 2.24) is 15.0 Å². The zero-order valence-corrected chi connectivity index (χ0v) is 17.1. The Balaban J connectivity index is 1.70. The van der Waals surface area contributed by atoms with Gasteiger partial charge in [0.15, 0.2) is 6.10 Å².